The maximum absolute atomic E-state index is 12.6. The molecule has 0 bridgehead atoms. The second-order valence-corrected chi connectivity index (χ2v) is 8.17. The van der Waals surface area contributed by atoms with E-state index in [2.05, 4.69) is 20.7 Å². The average molecular weight is 413 g/mol. The Bertz CT molecular complexity index is 828. The number of carbonyl (C=O) groups excluding carboxylic acids is 1. The van der Waals surface area contributed by atoms with Gasteiger partial charge in [0.25, 0.3) is 5.91 Å². The predicted molar refractivity (Wildman–Crippen MR) is 92.0 cm³/mol. The first kappa shape index (κ1) is 17.2. The number of carbonyl (C=O) groups is 1. The Balaban J connectivity index is 1.82. The lowest BCUT2D eigenvalue weighted by Crippen LogP contribution is -2.28. The van der Waals surface area contributed by atoms with Crippen LogP contribution in [0.25, 0.3) is 0 Å². The molecule has 1 aromatic heterocycles. The van der Waals surface area contributed by atoms with Crippen molar-refractivity contribution in [2.75, 3.05) is 13.1 Å². The number of likely N-dealkylation sites (tertiary alicyclic amines) is 1. The third kappa shape index (κ3) is 3.71. The quantitative estimate of drug-likeness (QED) is 0.818. The lowest BCUT2D eigenvalue weighted by Gasteiger charge is -2.17. The molecule has 6 nitrogen and oxygen atoms in total. The van der Waals surface area contributed by atoms with Gasteiger partial charge in [-0.15, -0.1) is 0 Å². The van der Waals surface area contributed by atoms with Crippen LogP contribution in [0, 0.1) is 0 Å². The smallest absolute Gasteiger partial charge is 0.255 e. The van der Waals surface area contributed by atoms with Crippen molar-refractivity contribution in [3.8, 4) is 0 Å². The molecular weight excluding hydrogens is 396 g/mol. The van der Waals surface area contributed by atoms with Crippen molar-refractivity contribution in [2.45, 2.75) is 24.3 Å². The first-order valence-corrected chi connectivity index (χ1v) is 9.86. The van der Waals surface area contributed by atoms with Crippen molar-refractivity contribution in [1.82, 2.24) is 9.62 Å². The summed E-state index contributed by atoms with van der Waals surface area (Å²) in [4.78, 5) is 14.4. The molecule has 0 saturated carbocycles. The molecular formula is C16H17BrN2O4S. The molecule has 0 radical (unpaired) electrons. The number of halogens is 1. The molecule has 0 atom stereocenters. The van der Waals surface area contributed by atoms with Crippen molar-refractivity contribution in [2.24, 2.45) is 0 Å². The van der Waals surface area contributed by atoms with Crippen molar-refractivity contribution >= 4 is 31.9 Å². The number of benzene rings is 1. The van der Waals surface area contributed by atoms with E-state index in [1.165, 1.54) is 18.4 Å². The normalized spacial score (nSPS) is 15.0. The van der Waals surface area contributed by atoms with E-state index in [1.54, 1.807) is 23.1 Å². The summed E-state index contributed by atoms with van der Waals surface area (Å²) in [7, 11) is -3.73. The molecule has 2 heterocycles. The van der Waals surface area contributed by atoms with Crippen LogP contribution in [0.3, 0.4) is 0 Å². The molecule has 1 aliphatic rings. The highest BCUT2D eigenvalue weighted by Gasteiger charge is 2.24. The molecule has 3 rings (SSSR count). The van der Waals surface area contributed by atoms with Gasteiger partial charge < -0.3 is 9.32 Å². The third-order valence-electron chi connectivity index (χ3n) is 3.89. The summed E-state index contributed by atoms with van der Waals surface area (Å²) in [5, 5.41) is 0. The van der Waals surface area contributed by atoms with Gasteiger partial charge in [0.1, 0.15) is 5.76 Å². The minimum atomic E-state index is -3.73. The first-order chi connectivity index (χ1) is 11.5. The Hall–Kier alpha value is -1.64. The van der Waals surface area contributed by atoms with E-state index in [9.17, 15) is 13.2 Å². The number of rotatable bonds is 5. The van der Waals surface area contributed by atoms with Gasteiger partial charge in [0.05, 0.1) is 23.3 Å². The highest BCUT2D eigenvalue weighted by molar-refractivity contribution is 9.10. The van der Waals surface area contributed by atoms with Gasteiger partial charge in [-0.3, -0.25) is 4.79 Å². The highest BCUT2D eigenvalue weighted by Crippen LogP contribution is 2.24. The van der Waals surface area contributed by atoms with Crippen molar-refractivity contribution in [1.29, 1.82) is 0 Å². The lowest BCUT2D eigenvalue weighted by molar-refractivity contribution is 0.0791. The molecule has 0 aliphatic carbocycles. The number of sulfonamides is 1. The summed E-state index contributed by atoms with van der Waals surface area (Å²) in [5.41, 5.74) is 0.359. The summed E-state index contributed by atoms with van der Waals surface area (Å²) >= 11 is 3.34. The van der Waals surface area contributed by atoms with Crippen molar-refractivity contribution in [3.63, 3.8) is 0 Å². The standard InChI is InChI=1S/C16H17BrN2O4S/c17-15-6-5-13(10-14(15)16(20)19-7-1-2-8-19)24(21,22)18-11-12-4-3-9-23-12/h3-6,9-10,18H,1-2,7-8,11H2. The van der Waals surface area contributed by atoms with Crippen molar-refractivity contribution < 1.29 is 17.6 Å². The fraction of sp³-hybridized carbons (Fsp3) is 0.312. The zero-order valence-electron chi connectivity index (χ0n) is 12.9. The van der Waals surface area contributed by atoms with Crippen LogP contribution in [0.4, 0.5) is 0 Å². The van der Waals surface area contributed by atoms with Crippen molar-refractivity contribution in [3.05, 3.63) is 52.4 Å². The molecule has 1 aliphatic heterocycles. The zero-order valence-corrected chi connectivity index (χ0v) is 15.3. The molecule has 1 saturated heterocycles. The number of furan rings is 1. The average Bonchev–Trinajstić information content (AvgIpc) is 3.26. The largest absolute Gasteiger partial charge is 0.468 e. The van der Waals surface area contributed by atoms with Crippen LogP contribution < -0.4 is 4.72 Å². The molecule has 2 aromatic rings. The number of nitrogens with zero attached hydrogens (tertiary/aromatic N) is 1. The summed E-state index contributed by atoms with van der Waals surface area (Å²) in [6, 6.07) is 7.85. The van der Waals surface area contributed by atoms with Gasteiger partial charge in [-0.25, -0.2) is 13.1 Å². The molecule has 0 unspecified atom stereocenters. The maximum Gasteiger partial charge on any atom is 0.255 e. The van der Waals surface area contributed by atoms with Crippen LogP contribution in [0.2, 0.25) is 0 Å². The Kier molecular flexibility index (Phi) is 5.07. The van der Waals surface area contributed by atoms with Crippen LogP contribution in [0.5, 0.6) is 0 Å². The highest BCUT2D eigenvalue weighted by atomic mass is 79.9. The summed E-state index contributed by atoms with van der Waals surface area (Å²) in [6.07, 6.45) is 3.44. The molecule has 8 heteroatoms. The molecule has 128 valence electrons. The fourth-order valence-electron chi connectivity index (χ4n) is 2.59. The van der Waals surface area contributed by atoms with Crippen LogP contribution in [-0.2, 0) is 16.6 Å². The lowest BCUT2D eigenvalue weighted by atomic mass is 10.2. The number of amides is 1. The molecule has 1 aromatic carbocycles. The summed E-state index contributed by atoms with van der Waals surface area (Å²) < 4.78 is 33.1. The topological polar surface area (TPSA) is 79.6 Å². The molecule has 1 N–H and O–H groups in total. The minimum Gasteiger partial charge on any atom is -0.468 e. The summed E-state index contributed by atoms with van der Waals surface area (Å²) in [6.45, 7) is 1.47. The first-order valence-electron chi connectivity index (χ1n) is 7.58. The zero-order chi connectivity index (χ0) is 17.2. The summed E-state index contributed by atoms with van der Waals surface area (Å²) in [5.74, 6) is 0.367. The molecule has 1 fully saturated rings. The van der Waals surface area contributed by atoms with Gasteiger partial charge in [0.15, 0.2) is 0 Å². The molecule has 24 heavy (non-hydrogen) atoms. The van der Waals surface area contributed by atoms with Gasteiger partial charge in [-0.2, -0.15) is 0 Å². The number of hydrogen-bond acceptors (Lipinski definition) is 4. The Morgan fingerprint density at radius 2 is 2.00 bits per heavy atom. The SMILES string of the molecule is O=C(c1cc(S(=O)(=O)NCc2ccco2)ccc1Br)N1CCCC1. The van der Waals surface area contributed by atoms with E-state index in [1.807, 2.05) is 0 Å². The Labute approximate surface area is 149 Å². The van der Waals surface area contributed by atoms with Gasteiger partial charge in [0.2, 0.25) is 10.0 Å². The van der Waals surface area contributed by atoms with Crippen LogP contribution >= 0.6 is 15.9 Å². The maximum atomic E-state index is 12.6. The minimum absolute atomic E-state index is 0.0554. The van der Waals surface area contributed by atoms with Crippen LogP contribution in [0.15, 0.2) is 50.4 Å². The van der Waals surface area contributed by atoms with E-state index in [0.717, 1.165) is 12.8 Å². The van der Waals surface area contributed by atoms with E-state index < -0.39 is 10.0 Å². The molecule has 0 spiro atoms. The van der Waals surface area contributed by atoms with Gasteiger partial charge in [-0.1, -0.05) is 0 Å². The van der Waals surface area contributed by atoms with Crippen LogP contribution in [0.1, 0.15) is 29.0 Å². The Morgan fingerprint density at radius 1 is 1.25 bits per heavy atom. The van der Waals surface area contributed by atoms with Gasteiger partial charge >= 0.3 is 0 Å². The predicted octanol–water partition coefficient (Wildman–Crippen LogP) is 2.76. The Morgan fingerprint density at radius 3 is 2.67 bits per heavy atom. The van der Waals surface area contributed by atoms with E-state index in [4.69, 9.17) is 4.42 Å². The monoisotopic (exact) mass is 412 g/mol. The van der Waals surface area contributed by atoms with E-state index in [-0.39, 0.29) is 17.3 Å². The third-order valence-corrected chi connectivity index (χ3v) is 5.98. The van der Waals surface area contributed by atoms with Gasteiger partial charge in [-0.05, 0) is 59.1 Å². The number of nitrogens with one attached hydrogen (secondary N) is 1. The second-order valence-electron chi connectivity index (χ2n) is 5.54. The van der Waals surface area contributed by atoms with E-state index in [0.29, 0.717) is 28.9 Å². The van der Waals surface area contributed by atoms with Gasteiger partial charge in [0, 0.05) is 17.6 Å². The fourth-order valence-corrected chi connectivity index (χ4v) is 4.02. The second kappa shape index (κ2) is 7.08. The van der Waals surface area contributed by atoms with Crippen LogP contribution in [-0.4, -0.2) is 32.3 Å². The molecule has 1 amide bonds. The number of hydrogen-bond donors (Lipinski definition) is 1. The van der Waals surface area contributed by atoms with E-state index >= 15 is 0 Å².